The van der Waals surface area contributed by atoms with Crippen LogP contribution in [0, 0.1) is 5.95 Å². The maximum atomic E-state index is 12.7. The summed E-state index contributed by atoms with van der Waals surface area (Å²) in [6.07, 6.45) is 1.65. The lowest BCUT2D eigenvalue weighted by molar-refractivity contribution is -0.117. The van der Waals surface area contributed by atoms with Gasteiger partial charge in [0, 0.05) is 11.8 Å². The standard InChI is InChI=1S/C13H11FN2O/c14-12-5-4-11(8-16-12)10-3-1-2-9(6-10)7-13(15)17/h1-6,8H,7H2,(H2,15,17). The van der Waals surface area contributed by atoms with Gasteiger partial charge >= 0.3 is 0 Å². The predicted octanol–water partition coefficient (Wildman–Crippen LogP) is 1.92. The summed E-state index contributed by atoms with van der Waals surface area (Å²) in [5, 5.41) is 0. The summed E-state index contributed by atoms with van der Waals surface area (Å²) in [5.41, 5.74) is 7.65. The Labute approximate surface area is 98.1 Å². The maximum absolute atomic E-state index is 12.7. The quantitative estimate of drug-likeness (QED) is 0.819. The molecule has 1 heterocycles. The van der Waals surface area contributed by atoms with Crippen molar-refractivity contribution in [2.24, 2.45) is 5.73 Å². The van der Waals surface area contributed by atoms with E-state index in [1.807, 2.05) is 24.3 Å². The highest BCUT2D eigenvalue weighted by atomic mass is 19.1. The highest BCUT2D eigenvalue weighted by Gasteiger charge is 2.02. The lowest BCUT2D eigenvalue weighted by Gasteiger charge is -2.03. The molecule has 0 aliphatic heterocycles. The lowest BCUT2D eigenvalue weighted by atomic mass is 10.0. The second kappa shape index (κ2) is 4.74. The molecule has 0 radical (unpaired) electrons. The third-order valence-electron chi connectivity index (χ3n) is 2.37. The smallest absolute Gasteiger partial charge is 0.221 e. The van der Waals surface area contributed by atoms with Crippen LogP contribution in [0.4, 0.5) is 4.39 Å². The van der Waals surface area contributed by atoms with Gasteiger partial charge in [0.15, 0.2) is 0 Å². The number of hydrogen-bond donors (Lipinski definition) is 1. The van der Waals surface area contributed by atoms with Crippen molar-refractivity contribution >= 4 is 5.91 Å². The van der Waals surface area contributed by atoms with Crippen molar-refractivity contribution in [3.8, 4) is 11.1 Å². The number of nitrogens with two attached hydrogens (primary N) is 1. The van der Waals surface area contributed by atoms with Crippen LogP contribution in [0.1, 0.15) is 5.56 Å². The average Bonchev–Trinajstić information content (AvgIpc) is 2.29. The monoisotopic (exact) mass is 230 g/mol. The molecule has 2 N–H and O–H groups in total. The van der Waals surface area contributed by atoms with E-state index in [9.17, 15) is 9.18 Å². The molecule has 0 aliphatic carbocycles. The maximum Gasteiger partial charge on any atom is 0.221 e. The number of aromatic nitrogens is 1. The van der Waals surface area contributed by atoms with Crippen molar-refractivity contribution in [3.63, 3.8) is 0 Å². The van der Waals surface area contributed by atoms with E-state index >= 15 is 0 Å². The fourth-order valence-electron chi connectivity index (χ4n) is 1.61. The molecule has 2 rings (SSSR count). The SMILES string of the molecule is NC(=O)Cc1cccc(-c2ccc(F)nc2)c1. The summed E-state index contributed by atoms with van der Waals surface area (Å²) < 4.78 is 12.7. The van der Waals surface area contributed by atoms with E-state index < -0.39 is 5.95 Å². The Morgan fingerprint density at radius 3 is 2.71 bits per heavy atom. The van der Waals surface area contributed by atoms with E-state index in [4.69, 9.17) is 5.73 Å². The van der Waals surface area contributed by atoms with Crippen LogP contribution < -0.4 is 5.73 Å². The van der Waals surface area contributed by atoms with Crippen LogP contribution in [0.25, 0.3) is 11.1 Å². The molecule has 0 spiro atoms. The zero-order valence-electron chi connectivity index (χ0n) is 9.06. The molecule has 3 nitrogen and oxygen atoms in total. The zero-order chi connectivity index (χ0) is 12.3. The summed E-state index contributed by atoms with van der Waals surface area (Å²) in [5.74, 6) is -0.888. The molecule has 2 aromatic rings. The van der Waals surface area contributed by atoms with Gasteiger partial charge in [-0.15, -0.1) is 0 Å². The first-order valence-electron chi connectivity index (χ1n) is 5.14. The molecule has 86 valence electrons. The molecule has 1 aromatic carbocycles. The molecule has 0 aliphatic rings. The van der Waals surface area contributed by atoms with Crippen LogP contribution in [0.3, 0.4) is 0 Å². The van der Waals surface area contributed by atoms with Gasteiger partial charge in [0.1, 0.15) is 0 Å². The number of halogens is 1. The first kappa shape index (κ1) is 11.3. The molecule has 17 heavy (non-hydrogen) atoms. The number of primary amides is 1. The van der Waals surface area contributed by atoms with Gasteiger partial charge in [-0.2, -0.15) is 4.39 Å². The Morgan fingerprint density at radius 2 is 2.06 bits per heavy atom. The van der Waals surface area contributed by atoms with Crippen LogP contribution in [0.5, 0.6) is 0 Å². The van der Waals surface area contributed by atoms with Crippen LogP contribution in [-0.2, 0) is 11.2 Å². The number of benzene rings is 1. The predicted molar refractivity (Wildman–Crippen MR) is 62.5 cm³/mol. The molecule has 1 aromatic heterocycles. The minimum Gasteiger partial charge on any atom is -0.369 e. The second-order valence-corrected chi connectivity index (χ2v) is 3.71. The van der Waals surface area contributed by atoms with E-state index in [0.717, 1.165) is 16.7 Å². The minimum absolute atomic E-state index is 0.197. The third-order valence-corrected chi connectivity index (χ3v) is 2.37. The zero-order valence-corrected chi connectivity index (χ0v) is 9.06. The number of amides is 1. The van der Waals surface area contributed by atoms with Crippen molar-refractivity contribution in [1.82, 2.24) is 4.98 Å². The summed E-state index contributed by atoms with van der Waals surface area (Å²) in [6.45, 7) is 0. The largest absolute Gasteiger partial charge is 0.369 e. The summed E-state index contributed by atoms with van der Waals surface area (Å²) in [4.78, 5) is 14.4. The van der Waals surface area contributed by atoms with Crippen molar-refractivity contribution in [1.29, 1.82) is 0 Å². The fourth-order valence-corrected chi connectivity index (χ4v) is 1.61. The molecular weight excluding hydrogens is 219 g/mol. The van der Waals surface area contributed by atoms with Crippen molar-refractivity contribution in [2.45, 2.75) is 6.42 Å². The molecule has 0 bridgehead atoms. The molecule has 0 atom stereocenters. The number of pyridine rings is 1. The minimum atomic E-state index is -0.512. The molecule has 0 fully saturated rings. The Hall–Kier alpha value is -2.23. The summed E-state index contributed by atoms with van der Waals surface area (Å²) >= 11 is 0. The Balaban J connectivity index is 2.32. The van der Waals surface area contributed by atoms with Gasteiger partial charge in [0.2, 0.25) is 11.9 Å². The molecule has 0 saturated heterocycles. The van der Waals surface area contributed by atoms with E-state index in [2.05, 4.69) is 4.98 Å². The van der Waals surface area contributed by atoms with Gasteiger partial charge in [-0.05, 0) is 23.3 Å². The van der Waals surface area contributed by atoms with Gasteiger partial charge < -0.3 is 5.73 Å². The van der Waals surface area contributed by atoms with Gasteiger partial charge in [-0.25, -0.2) is 4.98 Å². The van der Waals surface area contributed by atoms with Gasteiger partial charge in [-0.1, -0.05) is 24.3 Å². The van der Waals surface area contributed by atoms with Gasteiger partial charge in [-0.3, -0.25) is 4.79 Å². The molecule has 4 heteroatoms. The Bertz CT molecular complexity index is 537. The number of rotatable bonds is 3. The highest BCUT2D eigenvalue weighted by molar-refractivity contribution is 5.77. The van der Waals surface area contributed by atoms with Crippen LogP contribution in [0.15, 0.2) is 42.6 Å². The summed E-state index contributed by atoms with van der Waals surface area (Å²) in [7, 11) is 0. The van der Waals surface area contributed by atoms with Gasteiger partial charge in [0.25, 0.3) is 0 Å². The van der Waals surface area contributed by atoms with Crippen molar-refractivity contribution in [3.05, 3.63) is 54.1 Å². The number of nitrogens with zero attached hydrogens (tertiary/aromatic N) is 1. The molecule has 0 unspecified atom stereocenters. The van der Waals surface area contributed by atoms with Crippen molar-refractivity contribution < 1.29 is 9.18 Å². The topological polar surface area (TPSA) is 56.0 Å². The van der Waals surface area contributed by atoms with Crippen LogP contribution >= 0.6 is 0 Å². The van der Waals surface area contributed by atoms with E-state index in [-0.39, 0.29) is 12.3 Å². The molecule has 0 saturated carbocycles. The lowest BCUT2D eigenvalue weighted by Crippen LogP contribution is -2.13. The Kier molecular flexibility index (Phi) is 3.14. The van der Waals surface area contributed by atoms with E-state index in [1.165, 1.54) is 12.3 Å². The molecule has 1 amide bonds. The summed E-state index contributed by atoms with van der Waals surface area (Å²) in [6, 6.07) is 10.3. The van der Waals surface area contributed by atoms with E-state index in [1.54, 1.807) is 6.07 Å². The number of hydrogen-bond acceptors (Lipinski definition) is 2. The van der Waals surface area contributed by atoms with Crippen LogP contribution in [-0.4, -0.2) is 10.9 Å². The number of carbonyl (C=O) groups excluding carboxylic acids is 1. The third kappa shape index (κ3) is 2.87. The average molecular weight is 230 g/mol. The van der Waals surface area contributed by atoms with Gasteiger partial charge in [0.05, 0.1) is 6.42 Å². The fraction of sp³-hybridized carbons (Fsp3) is 0.0769. The second-order valence-electron chi connectivity index (χ2n) is 3.71. The van der Waals surface area contributed by atoms with E-state index in [0.29, 0.717) is 0 Å². The van der Waals surface area contributed by atoms with Crippen molar-refractivity contribution in [2.75, 3.05) is 0 Å². The first-order chi connectivity index (χ1) is 8.15. The number of carbonyl (C=O) groups is 1. The first-order valence-corrected chi connectivity index (χ1v) is 5.14. The highest BCUT2D eigenvalue weighted by Crippen LogP contribution is 2.19. The normalized spacial score (nSPS) is 10.2. The molecular formula is C13H11FN2O. The Morgan fingerprint density at radius 1 is 1.24 bits per heavy atom. The van der Waals surface area contributed by atoms with Crippen LogP contribution in [0.2, 0.25) is 0 Å².